The largest absolute Gasteiger partial charge is 0.508 e. The molecule has 128 valence electrons. The van der Waals surface area contributed by atoms with Crippen molar-refractivity contribution >= 4 is 6.09 Å². The van der Waals surface area contributed by atoms with E-state index >= 15 is 0 Å². The van der Waals surface area contributed by atoms with Gasteiger partial charge in [-0.3, -0.25) is 0 Å². The van der Waals surface area contributed by atoms with Gasteiger partial charge >= 0.3 is 6.09 Å². The third-order valence-electron chi connectivity index (χ3n) is 3.89. The smallest absolute Gasteiger partial charge is 0.407 e. The number of phenols is 1. The summed E-state index contributed by atoms with van der Waals surface area (Å²) in [6.07, 6.45) is 1.98. The summed E-state index contributed by atoms with van der Waals surface area (Å²) in [4.78, 5) is 11.8. The summed E-state index contributed by atoms with van der Waals surface area (Å²) >= 11 is 0. The molecular weight excluding hydrogens is 292 g/mol. The number of carbonyl (C=O) groups excluding carboxylic acids is 1. The highest BCUT2D eigenvalue weighted by Crippen LogP contribution is 2.33. The van der Waals surface area contributed by atoms with Gasteiger partial charge in [-0.05, 0) is 64.2 Å². The number of nitrogens with one attached hydrogen (secondary N) is 2. The second-order valence-electron chi connectivity index (χ2n) is 7.31. The molecule has 0 aliphatic heterocycles. The van der Waals surface area contributed by atoms with E-state index in [2.05, 4.69) is 17.6 Å². The van der Waals surface area contributed by atoms with Crippen LogP contribution in [0.3, 0.4) is 0 Å². The Kier molecular flexibility index (Phi) is 5.52. The first-order valence-electron chi connectivity index (χ1n) is 8.26. The Labute approximate surface area is 138 Å². The minimum atomic E-state index is -0.485. The van der Waals surface area contributed by atoms with E-state index in [1.54, 1.807) is 12.1 Å². The second kappa shape index (κ2) is 7.21. The van der Waals surface area contributed by atoms with Gasteiger partial charge in [0.25, 0.3) is 0 Å². The lowest BCUT2D eigenvalue weighted by Crippen LogP contribution is -2.44. The van der Waals surface area contributed by atoms with Crippen molar-refractivity contribution in [3.63, 3.8) is 0 Å². The van der Waals surface area contributed by atoms with Crippen LogP contribution in [0.5, 0.6) is 5.75 Å². The van der Waals surface area contributed by atoms with Gasteiger partial charge in [0.05, 0.1) is 0 Å². The summed E-state index contributed by atoms with van der Waals surface area (Å²) in [5.41, 5.74) is 0.550. The van der Waals surface area contributed by atoms with Crippen LogP contribution < -0.4 is 10.6 Å². The van der Waals surface area contributed by atoms with Crippen LogP contribution in [0.4, 0.5) is 4.79 Å². The van der Waals surface area contributed by atoms with Crippen LogP contribution in [0.25, 0.3) is 0 Å². The molecular formula is C18H28N2O3. The van der Waals surface area contributed by atoms with E-state index in [0.29, 0.717) is 12.5 Å². The molecule has 1 fully saturated rings. The molecule has 3 N–H and O–H groups in total. The molecule has 0 bridgehead atoms. The van der Waals surface area contributed by atoms with E-state index in [-0.39, 0.29) is 23.9 Å². The minimum Gasteiger partial charge on any atom is -0.508 e. The van der Waals surface area contributed by atoms with Gasteiger partial charge in [-0.1, -0.05) is 12.1 Å². The third kappa shape index (κ3) is 6.10. The molecule has 1 aliphatic rings. The summed E-state index contributed by atoms with van der Waals surface area (Å²) in [6.45, 7) is 8.17. The van der Waals surface area contributed by atoms with Crippen LogP contribution in [-0.4, -0.2) is 29.4 Å². The van der Waals surface area contributed by atoms with Crippen LogP contribution in [0.15, 0.2) is 24.3 Å². The Bertz CT molecular complexity index is 535. The van der Waals surface area contributed by atoms with Gasteiger partial charge in [0.2, 0.25) is 0 Å². The first-order chi connectivity index (χ1) is 10.7. The maximum atomic E-state index is 11.8. The fraction of sp³-hybridized carbons (Fsp3) is 0.611. The lowest BCUT2D eigenvalue weighted by Gasteiger charge is -2.25. The topological polar surface area (TPSA) is 70.6 Å². The van der Waals surface area contributed by atoms with Crippen molar-refractivity contribution in [3.05, 3.63) is 29.8 Å². The monoisotopic (exact) mass is 320 g/mol. The molecule has 5 nitrogen and oxygen atoms in total. The summed E-state index contributed by atoms with van der Waals surface area (Å²) in [7, 11) is 0. The molecule has 1 aromatic carbocycles. The van der Waals surface area contributed by atoms with Crippen molar-refractivity contribution in [1.29, 1.82) is 0 Å². The number of benzene rings is 1. The van der Waals surface area contributed by atoms with Crippen molar-refractivity contribution in [2.45, 2.75) is 58.2 Å². The van der Waals surface area contributed by atoms with Crippen molar-refractivity contribution in [2.75, 3.05) is 6.54 Å². The molecule has 2 rings (SSSR count). The normalized spacial score (nSPS) is 17.4. The molecule has 1 aliphatic carbocycles. The quantitative estimate of drug-likeness (QED) is 0.752. The highest BCUT2D eigenvalue weighted by Gasteiger charge is 2.32. The second-order valence-corrected chi connectivity index (χ2v) is 7.31. The SMILES string of the molecule is CC(NC(CNC(=O)OC(C)(C)C)C1CC1)c1cccc(O)c1. The number of amides is 1. The van der Waals surface area contributed by atoms with Gasteiger partial charge in [0.1, 0.15) is 11.4 Å². The molecule has 2 atom stereocenters. The van der Waals surface area contributed by atoms with Crippen LogP contribution in [0.2, 0.25) is 0 Å². The minimum absolute atomic E-state index is 0.105. The van der Waals surface area contributed by atoms with Crippen LogP contribution >= 0.6 is 0 Å². The zero-order valence-corrected chi connectivity index (χ0v) is 14.4. The number of carbonyl (C=O) groups is 1. The van der Waals surface area contributed by atoms with Crippen LogP contribution in [0, 0.1) is 5.92 Å². The molecule has 0 heterocycles. The standard InChI is InChI=1S/C18H28N2O3/c1-12(14-6-5-7-15(21)10-14)20-16(13-8-9-13)11-19-17(22)23-18(2,3)4/h5-7,10,12-13,16,20-21H,8-9,11H2,1-4H3,(H,19,22). The fourth-order valence-corrected chi connectivity index (χ4v) is 2.58. The van der Waals surface area contributed by atoms with E-state index in [9.17, 15) is 9.90 Å². The highest BCUT2D eigenvalue weighted by molar-refractivity contribution is 5.67. The van der Waals surface area contributed by atoms with Gasteiger partial charge in [-0.25, -0.2) is 4.79 Å². The predicted octanol–water partition coefficient (Wildman–Crippen LogP) is 3.35. The van der Waals surface area contributed by atoms with Crippen molar-refractivity contribution in [1.82, 2.24) is 10.6 Å². The molecule has 0 saturated heterocycles. The Hall–Kier alpha value is -1.75. The van der Waals surface area contributed by atoms with E-state index in [1.165, 1.54) is 12.8 Å². The van der Waals surface area contributed by atoms with Crippen LogP contribution in [-0.2, 0) is 4.74 Å². The zero-order valence-electron chi connectivity index (χ0n) is 14.4. The van der Waals surface area contributed by atoms with E-state index in [1.807, 2.05) is 32.9 Å². The number of rotatable bonds is 6. The molecule has 23 heavy (non-hydrogen) atoms. The number of hydrogen-bond acceptors (Lipinski definition) is 4. The van der Waals surface area contributed by atoms with E-state index < -0.39 is 5.60 Å². The lowest BCUT2D eigenvalue weighted by atomic mass is 10.1. The number of hydrogen-bond donors (Lipinski definition) is 3. The number of phenolic OH excluding ortho intramolecular Hbond substituents is 1. The maximum Gasteiger partial charge on any atom is 0.407 e. The summed E-state index contributed by atoms with van der Waals surface area (Å²) in [5, 5.41) is 16.0. The number of ether oxygens (including phenoxy) is 1. The van der Waals surface area contributed by atoms with Gasteiger partial charge in [0, 0.05) is 18.6 Å². The van der Waals surface area contributed by atoms with Crippen molar-refractivity contribution < 1.29 is 14.6 Å². The Morgan fingerprint density at radius 2 is 2.09 bits per heavy atom. The van der Waals surface area contributed by atoms with Crippen molar-refractivity contribution in [3.8, 4) is 5.75 Å². The zero-order chi connectivity index (χ0) is 17.0. The molecule has 2 unspecified atom stereocenters. The van der Waals surface area contributed by atoms with Gasteiger partial charge in [0.15, 0.2) is 0 Å². The molecule has 0 aromatic heterocycles. The maximum absolute atomic E-state index is 11.8. The Morgan fingerprint density at radius 1 is 1.39 bits per heavy atom. The average Bonchev–Trinajstić information content (AvgIpc) is 3.25. The average molecular weight is 320 g/mol. The van der Waals surface area contributed by atoms with E-state index in [0.717, 1.165) is 5.56 Å². The predicted molar refractivity (Wildman–Crippen MR) is 90.4 cm³/mol. The molecule has 0 radical (unpaired) electrons. The number of alkyl carbamates (subject to hydrolysis) is 1. The van der Waals surface area contributed by atoms with Crippen LogP contribution in [0.1, 0.15) is 52.1 Å². The Morgan fingerprint density at radius 3 is 2.65 bits per heavy atom. The van der Waals surface area contributed by atoms with E-state index in [4.69, 9.17) is 4.74 Å². The summed E-state index contributed by atoms with van der Waals surface area (Å²) in [5.74, 6) is 0.857. The molecule has 1 saturated carbocycles. The molecule has 0 spiro atoms. The highest BCUT2D eigenvalue weighted by atomic mass is 16.6. The fourth-order valence-electron chi connectivity index (χ4n) is 2.58. The lowest BCUT2D eigenvalue weighted by molar-refractivity contribution is 0.0520. The van der Waals surface area contributed by atoms with Gasteiger partial charge in [-0.2, -0.15) is 0 Å². The number of aromatic hydroxyl groups is 1. The molecule has 5 heteroatoms. The van der Waals surface area contributed by atoms with Gasteiger partial charge < -0.3 is 20.5 Å². The third-order valence-corrected chi connectivity index (χ3v) is 3.89. The first-order valence-corrected chi connectivity index (χ1v) is 8.26. The summed E-state index contributed by atoms with van der Waals surface area (Å²) < 4.78 is 5.28. The van der Waals surface area contributed by atoms with Crippen molar-refractivity contribution in [2.24, 2.45) is 5.92 Å². The summed E-state index contributed by atoms with van der Waals surface area (Å²) in [6, 6.07) is 7.58. The van der Waals surface area contributed by atoms with Gasteiger partial charge in [-0.15, -0.1) is 0 Å². The Balaban J connectivity index is 1.88. The molecule has 1 amide bonds. The first kappa shape index (κ1) is 17.6. The molecule has 1 aromatic rings.